The van der Waals surface area contributed by atoms with Crippen molar-refractivity contribution in [1.82, 2.24) is 20.0 Å². The molecule has 3 aliphatic heterocycles. The Morgan fingerprint density at radius 2 is 1.36 bits per heavy atom. The summed E-state index contributed by atoms with van der Waals surface area (Å²) in [6.45, 7) is 8.70. The lowest BCUT2D eigenvalue weighted by atomic mass is 9.94. The summed E-state index contributed by atoms with van der Waals surface area (Å²) in [4.78, 5) is 43.1. The Kier molecular flexibility index (Phi) is 7.18. The highest BCUT2D eigenvalue weighted by Gasteiger charge is 2.32. The lowest BCUT2D eigenvalue weighted by molar-refractivity contribution is -0.133. The molecule has 0 saturated carbocycles. The topological polar surface area (TPSA) is 73.0 Å². The van der Waals surface area contributed by atoms with Crippen LogP contribution in [0.2, 0.25) is 0 Å². The highest BCUT2D eigenvalue weighted by Crippen LogP contribution is 2.21. The third-order valence-electron chi connectivity index (χ3n) is 6.29. The van der Waals surface area contributed by atoms with Crippen LogP contribution >= 0.6 is 0 Å². The number of amides is 4. The fraction of sp³-hybridized carbons (Fsp3) is 0.857. The van der Waals surface area contributed by atoms with Gasteiger partial charge in [-0.15, -0.1) is 0 Å². The summed E-state index contributed by atoms with van der Waals surface area (Å²) < 4.78 is 0. The van der Waals surface area contributed by atoms with Crippen LogP contribution in [0.5, 0.6) is 0 Å². The third kappa shape index (κ3) is 5.39. The number of carbonyl (C=O) groups is 3. The second kappa shape index (κ2) is 9.61. The molecule has 0 aromatic rings. The van der Waals surface area contributed by atoms with Crippen molar-refractivity contribution in [3.63, 3.8) is 0 Å². The molecular weight excluding hydrogens is 356 g/mol. The zero-order valence-electron chi connectivity index (χ0n) is 17.5. The molecule has 3 rings (SSSR count). The fourth-order valence-corrected chi connectivity index (χ4v) is 4.51. The molecule has 3 saturated heterocycles. The summed E-state index contributed by atoms with van der Waals surface area (Å²) in [7, 11) is 0. The van der Waals surface area contributed by atoms with E-state index in [1.165, 1.54) is 0 Å². The zero-order chi connectivity index (χ0) is 20.1. The molecule has 0 unspecified atom stereocenters. The van der Waals surface area contributed by atoms with Gasteiger partial charge in [-0.2, -0.15) is 0 Å². The van der Waals surface area contributed by atoms with E-state index in [1.807, 2.05) is 14.7 Å². The van der Waals surface area contributed by atoms with Crippen LogP contribution in [0.15, 0.2) is 0 Å². The Labute approximate surface area is 168 Å². The van der Waals surface area contributed by atoms with Crippen LogP contribution in [0.25, 0.3) is 0 Å². The molecule has 0 atom stereocenters. The maximum atomic E-state index is 12.7. The monoisotopic (exact) mass is 392 g/mol. The van der Waals surface area contributed by atoms with Gasteiger partial charge in [0.25, 0.3) is 0 Å². The molecule has 7 heteroatoms. The number of hydrogen-bond acceptors (Lipinski definition) is 3. The van der Waals surface area contributed by atoms with Crippen LogP contribution in [0, 0.1) is 11.8 Å². The average molecular weight is 393 g/mol. The number of rotatable bonds is 4. The Bertz CT molecular complexity index is 558. The van der Waals surface area contributed by atoms with Crippen molar-refractivity contribution in [3.05, 3.63) is 0 Å². The molecule has 0 aliphatic carbocycles. The van der Waals surface area contributed by atoms with E-state index in [4.69, 9.17) is 0 Å². The number of likely N-dealkylation sites (tertiary alicyclic amines) is 3. The van der Waals surface area contributed by atoms with Gasteiger partial charge in [0.05, 0.1) is 0 Å². The molecule has 7 nitrogen and oxygen atoms in total. The minimum atomic E-state index is 0.00299. The second-order valence-corrected chi connectivity index (χ2v) is 9.00. The van der Waals surface area contributed by atoms with Crippen LogP contribution in [0.3, 0.4) is 0 Å². The molecule has 3 aliphatic rings. The van der Waals surface area contributed by atoms with Gasteiger partial charge >= 0.3 is 6.03 Å². The molecule has 28 heavy (non-hydrogen) atoms. The summed E-state index contributed by atoms with van der Waals surface area (Å²) in [5, 5.41) is 3.20. The van der Waals surface area contributed by atoms with Crippen molar-refractivity contribution >= 4 is 17.8 Å². The van der Waals surface area contributed by atoms with Gasteiger partial charge in [0.2, 0.25) is 11.8 Å². The second-order valence-electron chi connectivity index (χ2n) is 9.00. The maximum absolute atomic E-state index is 12.7. The number of piperidine rings is 2. The smallest absolute Gasteiger partial charge is 0.319 e. The summed E-state index contributed by atoms with van der Waals surface area (Å²) in [5.74, 6) is 0.742. The number of nitrogens with one attached hydrogen (secondary N) is 1. The van der Waals surface area contributed by atoms with Gasteiger partial charge < -0.3 is 20.0 Å². The van der Waals surface area contributed by atoms with Crippen molar-refractivity contribution in [1.29, 1.82) is 0 Å². The Morgan fingerprint density at radius 1 is 0.821 bits per heavy atom. The molecule has 0 radical (unpaired) electrons. The molecule has 3 heterocycles. The normalized spacial score (nSPS) is 22.0. The predicted molar refractivity (Wildman–Crippen MR) is 108 cm³/mol. The summed E-state index contributed by atoms with van der Waals surface area (Å²) >= 11 is 0. The first-order chi connectivity index (χ1) is 13.4. The first kappa shape index (κ1) is 20.9. The van der Waals surface area contributed by atoms with Gasteiger partial charge in [-0.3, -0.25) is 9.59 Å². The summed E-state index contributed by atoms with van der Waals surface area (Å²) in [6.07, 6.45) is 5.97. The highest BCUT2D eigenvalue weighted by atomic mass is 16.2. The molecule has 1 N–H and O–H groups in total. The third-order valence-corrected chi connectivity index (χ3v) is 6.29. The molecule has 158 valence electrons. The highest BCUT2D eigenvalue weighted by molar-refractivity contribution is 5.80. The quantitative estimate of drug-likeness (QED) is 0.796. The average Bonchev–Trinajstić information content (AvgIpc) is 3.22. The van der Waals surface area contributed by atoms with Crippen molar-refractivity contribution in [3.8, 4) is 0 Å². The maximum Gasteiger partial charge on any atom is 0.319 e. The van der Waals surface area contributed by atoms with Gasteiger partial charge in [0.15, 0.2) is 0 Å². The SMILES string of the molecule is CC(C)CC(=O)N1CCC(NC(=O)C2CCN(C(=O)N3CCCC3)CC2)CC1. The first-order valence-corrected chi connectivity index (χ1v) is 11.1. The first-order valence-electron chi connectivity index (χ1n) is 11.1. The largest absolute Gasteiger partial charge is 0.353 e. The molecule has 0 spiro atoms. The van der Waals surface area contributed by atoms with E-state index in [2.05, 4.69) is 19.2 Å². The van der Waals surface area contributed by atoms with Gasteiger partial charge in [-0.1, -0.05) is 13.8 Å². The molecule has 0 aromatic carbocycles. The van der Waals surface area contributed by atoms with Crippen LogP contribution in [0.4, 0.5) is 4.79 Å². The van der Waals surface area contributed by atoms with Gasteiger partial charge in [0, 0.05) is 57.6 Å². The lowest BCUT2D eigenvalue weighted by Gasteiger charge is -2.36. The minimum Gasteiger partial charge on any atom is -0.353 e. The van der Waals surface area contributed by atoms with E-state index in [9.17, 15) is 14.4 Å². The van der Waals surface area contributed by atoms with Crippen molar-refractivity contribution in [2.45, 2.75) is 64.8 Å². The van der Waals surface area contributed by atoms with Crippen LogP contribution in [-0.4, -0.2) is 77.9 Å². The Hall–Kier alpha value is -1.79. The molecule has 0 aromatic heterocycles. The molecular formula is C21H36N4O3. The summed E-state index contributed by atoms with van der Waals surface area (Å²) in [5.41, 5.74) is 0. The van der Waals surface area contributed by atoms with Gasteiger partial charge in [-0.25, -0.2) is 4.79 Å². The van der Waals surface area contributed by atoms with Crippen molar-refractivity contribution < 1.29 is 14.4 Å². The van der Waals surface area contributed by atoms with E-state index < -0.39 is 0 Å². The van der Waals surface area contributed by atoms with E-state index >= 15 is 0 Å². The van der Waals surface area contributed by atoms with Gasteiger partial charge in [0.1, 0.15) is 0 Å². The van der Waals surface area contributed by atoms with E-state index in [0.29, 0.717) is 25.4 Å². The van der Waals surface area contributed by atoms with E-state index in [1.54, 1.807) is 0 Å². The molecule has 3 fully saturated rings. The van der Waals surface area contributed by atoms with E-state index in [0.717, 1.165) is 64.7 Å². The fourth-order valence-electron chi connectivity index (χ4n) is 4.51. The number of hydrogen-bond donors (Lipinski definition) is 1. The number of urea groups is 1. The van der Waals surface area contributed by atoms with E-state index in [-0.39, 0.29) is 29.8 Å². The molecule has 4 amide bonds. The Morgan fingerprint density at radius 3 is 1.93 bits per heavy atom. The summed E-state index contributed by atoms with van der Waals surface area (Å²) in [6, 6.07) is 0.314. The predicted octanol–water partition coefficient (Wildman–Crippen LogP) is 2.07. The number of nitrogens with zero attached hydrogens (tertiary/aromatic N) is 3. The Balaban J connectivity index is 1.37. The van der Waals surface area contributed by atoms with Crippen LogP contribution in [-0.2, 0) is 9.59 Å². The van der Waals surface area contributed by atoms with Crippen molar-refractivity contribution in [2.24, 2.45) is 11.8 Å². The minimum absolute atomic E-state index is 0.00299. The zero-order valence-corrected chi connectivity index (χ0v) is 17.5. The van der Waals surface area contributed by atoms with Crippen LogP contribution in [0.1, 0.15) is 58.8 Å². The number of carbonyl (C=O) groups excluding carboxylic acids is 3. The van der Waals surface area contributed by atoms with Gasteiger partial charge in [-0.05, 0) is 44.4 Å². The van der Waals surface area contributed by atoms with Crippen molar-refractivity contribution in [2.75, 3.05) is 39.3 Å². The lowest BCUT2D eigenvalue weighted by Crippen LogP contribution is -2.50. The molecule has 0 bridgehead atoms. The standard InChI is InChI=1S/C21H36N4O3/c1-16(2)15-19(26)23-13-7-18(8-14-23)22-20(27)17-5-11-25(12-6-17)21(28)24-9-3-4-10-24/h16-18H,3-15H2,1-2H3,(H,22,27). The van der Waals surface area contributed by atoms with Crippen LogP contribution < -0.4 is 5.32 Å².